The van der Waals surface area contributed by atoms with E-state index in [1.54, 1.807) is 24.3 Å². The molecule has 154 valence electrons. The van der Waals surface area contributed by atoms with Gasteiger partial charge in [0.15, 0.2) is 0 Å². The van der Waals surface area contributed by atoms with Crippen molar-refractivity contribution in [2.75, 3.05) is 0 Å². The number of carboxylic acids is 2. The summed E-state index contributed by atoms with van der Waals surface area (Å²) in [5, 5.41) is 19.1. The van der Waals surface area contributed by atoms with Crippen LogP contribution in [0.1, 0.15) is 20.7 Å². The Labute approximate surface area is 176 Å². The molecule has 0 aliphatic heterocycles. The molecule has 0 aliphatic carbocycles. The third-order valence-corrected chi connectivity index (χ3v) is 4.70. The van der Waals surface area contributed by atoms with Crippen LogP contribution >= 0.6 is 15.9 Å². The molecule has 0 saturated carbocycles. The lowest BCUT2D eigenvalue weighted by molar-refractivity contribution is -0.274. The lowest BCUT2D eigenvalue weighted by Crippen LogP contribution is -2.16. The summed E-state index contributed by atoms with van der Waals surface area (Å²) in [7, 11) is 0. The first-order valence-corrected chi connectivity index (χ1v) is 9.11. The second-order valence-corrected chi connectivity index (χ2v) is 7.05. The number of rotatable bonds is 5. The van der Waals surface area contributed by atoms with E-state index in [0.717, 1.165) is 22.7 Å². The normalized spacial score (nSPS) is 11.2. The van der Waals surface area contributed by atoms with Gasteiger partial charge in [0, 0.05) is 4.47 Å². The molecule has 0 spiro atoms. The predicted octanol–water partition coefficient (Wildman–Crippen LogP) is 6.08. The zero-order valence-corrected chi connectivity index (χ0v) is 16.5. The van der Waals surface area contributed by atoms with E-state index < -0.39 is 24.1 Å². The van der Waals surface area contributed by atoms with Gasteiger partial charge in [-0.3, -0.25) is 0 Å². The van der Waals surface area contributed by atoms with Crippen LogP contribution in [0.3, 0.4) is 0 Å². The zero-order valence-electron chi connectivity index (χ0n) is 14.9. The molecule has 3 aromatic carbocycles. The van der Waals surface area contributed by atoms with E-state index >= 15 is 0 Å². The van der Waals surface area contributed by atoms with Crippen LogP contribution in [-0.2, 0) is 0 Å². The average Bonchev–Trinajstić information content (AvgIpc) is 2.67. The summed E-state index contributed by atoms with van der Waals surface area (Å²) in [6, 6.07) is 13.8. The molecule has 2 N–H and O–H groups in total. The molecule has 0 saturated heterocycles. The Morgan fingerprint density at radius 2 is 1.20 bits per heavy atom. The molecule has 9 heteroatoms. The number of benzene rings is 3. The monoisotopic (exact) mass is 480 g/mol. The molecule has 30 heavy (non-hydrogen) atoms. The molecule has 0 fully saturated rings. The molecule has 0 aliphatic rings. The molecule has 0 heterocycles. The van der Waals surface area contributed by atoms with Crippen molar-refractivity contribution in [2.45, 2.75) is 6.36 Å². The van der Waals surface area contributed by atoms with Crippen molar-refractivity contribution in [2.24, 2.45) is 0 Å². The number of halogens is 4. The summed E-state index contributed by atoms with van der Waals surface area (Å²) in [6.45, 7) is 0. The van der Waals surface area contributed by atoms with Crippen LogP contribution in [0, 0.1) is 0 Å². The van der Waals surface area contributed by atoms with Crippen molar-refractivity contribution in [1.29, 1.82) is 0 Å². The number of carbonyl (C=O) groups is 2. The van der Waals surface area contributed by atoms with Crippen LogP contribution in [0.15, 0.2) is 65.1 Å². The summed E-state index contributed by atoms with van der Waals surface area (Å²) in [5.41, 5.74) is 0.742. The molecule has 5 nitrogen and oxygen atoms in total. The molecule has 0 amide bonds. The van der Waals surface area contributed by atoms with Crippen molar-refractivity contribution in [1.82, 2.24) is 0 Å². The van der Waals surface area contributed by atoms with Crippen LogP contribution in [0.2, 0.25) is 0 Å². The van der Waals surface area contributed by atoms with Gasteiger partial charge < -0.3 is 14.9 Å². The van der Waals surface area contributed by atoms with E-state index in [1.165, 1.54) is 18.2 Å². The standard InChI is InChI=1S/C21H12BrF3O5/c22-13-5-1-11(2-6-13)15-9-16(18(20(28)29)10-17(15)19(26)27)12-3-7-14(8-4-12)30-21(23,24)25/h1-10H,(H,26,27)(H,28,29). The van der Waals surface area contributed by atoms with Gasteiger partial charge in [-0.05, 0) is 58.7 Å². The quantitative estimate of drug-likeness (QED) is 0.462. The fourth-order valence-corrected chi connectivity index (χ4v) is 3.16. The Kier molecular flexibility index (Phi) is 5.84. The third-order valence-electron chi connectivity index (χ3n) is 4.17. The average molecular weight is 481 g/mol. The molecule has 3 rings (SSSR count). The van der Waals surface area contributed by atoms with Crippen LogP contribution in [0.25, 0.3) is 22.3 Å². The fraction of sp³-hybridized carbons (Fsp3) is 0.0476. The van der Waals surface area contributed by atoms with Crippen LogP contribution in [0.5, 0.6) is 5.75 Å². The number of carboxylic acid groups (broad SMARTS) is 2. The Hall–Kier alpha value is -3.33. The minimum absolute atomic E-state index is 0.156. The van der Waals surface area contributed by atoms with Gasteiger partial charge in [0.25, 0.3) is 0 Å². The lowest BCUT2D eigenvalue weighted by Gasteiger charge is -2.14. The van der Waals surface area contributed by atoms with E-state index in [1.807, 2.05) is 0 Å². The Balaban J connectivity index is 2.18. The predicted molar refractivity (Wildman–Crippen MR) is 106 cm³/mol. The largest absolute Gasteiger partial charge is 0.573 e. The summed E-state index contributed by atoms with van der Waals surface area (Å²) in [5.74, 6) is -3.14. The summed E-state index contributed by atoms with van der Waals surface area (Å²) in [4.78, 5) is 23.5. The Morgan fingerprint density at radius 1 is 0.767 bits per heavy atom. The molecule has 0 bridgehead atoms. The van der Waals surface area contributed by atoms with Gasteiger partial charge in [-0.1, -0.05) is 40.2 Å². The van der Waals surface area contributed by atoms with Crippen LogP contribution in [-0.4, -0.2) is 28.5 Å². The molecule has 3 aromatic rings. The minimum atomic E-state index is -4.86. The van der Waals surface area contributed by atoms with Gasteiger partial charge in [0.05, 0.1) is 11.1 Å². The number of alkyl halides is 3. The van der Waals surface area contributed by atoms with Crippen molar-refractivity contribution >= 4 is 27.9 Å². The van der Waals surface area contributed by atoms with E-state index in [0.29, 0.717) is 5.56 Å². The molecule has 0 atom stereocenters. The highest BCUT2D eigenvalue weighted by atomic mass is 79.9. The topological polar surface area (TPSA) is 83.8 Å². The summed E-state index contributed by atoms with van der Waals surface area (Å²) >= 11 is 3.29. The molecule has 0 radical (unpaired) electrons. The van der Waals surface area contributed by atoms with Crippen LogP contribution in [0.4, 0.5) is 13.2 Å². The Bertz CT molecular complexity index is 1110. The van der Waals surface area contributed by atoms with E-state index in [-0.39, 0.29) is 27.8 Å². The van der Waals surface area contributed by atoms with Crippen molar-refractivity contribution in [3.05, 3.63) is 76.3 Å². The minimum Gasteiger partial charge on any atom is -0.478 e. The van der Waals surface area contributed by atoms with Gasteiger partial charge >= 0.3 is 18.3 Å². The van der Waals surface area contributed by atoms with E-state index in [4.69, 9.17) is 0 Å². The van der Waals surface area contributed by atoms with Crippen molar-refractivity contribution < 1.29 is 37.7 Å². The molecule has 0 aromatic heterocycles. The number of aromatic carboxylic acids is 2. The van der Waals surface area contributed by atoms with Gasteiger partial charge in [0.2, 0.25) is 0 Å². The summed E-state index contributed by atoms with van der Waals surface area (Å²) < 4.78 is 41.7. The fourth-order valence-electron chi connectivity index (χ4n) is 2.90. The second-order valence-electron chi connectivity index (χ2n) is 6.13. The van der Waals surface area contributed by atoms with Gasteiger partial charge in [-0.25, -0.2) is 9.59 Å². The van der Waals surface area contributed by atoms with Crippen molar-refractivity contribution in [3.8, 4) is 28.0 Å². The first kappa shape index (κ1) is 21.4. The van der Waals surface area contributed by atoms with Crippen LogP contribution < -0.4 is 4.74 Å². The summed E-state index contributed by atoms with van der Waals surface area (Å²) in [6.07, 6.45) is -4.86. The highest BCUT2D eigenvalue weighted by Gasteiger charge is 2.31. The number of hydrogen-bond acceptors (Lipinski definition) is 3. The lowest BCUT2D eigenvalue weighted by atomic mass is 9.90. The maximum absolute atomic E-state index is 12.4. The first-order valence-electron chi connectivity index (χ1n) is 8.32. The SMILES string of the molecule is O=C(O)c1cc(C(=O)O)c(-c2ccc(OC(F)(F)F)cc2)cc1-c1ccc(Br)cc1. The highest BCUT2D eigenvalue weighted by Crippen LogP contribution is 2.35. The third kappa shape index (κ3) is 4.80. The van der Waals surface area contributed by atoms with Crippen molar-refractivity contribution in [3.63, 3.8) is 0 Å². The van der Waals surface area contributed by atoms with E-state index in [9.17, 15) is 33.0 Å². The molecular formula is C21H12BrF3O5. The molecular weight excluding hydrogens is 469 g/mol. The van der Waals surface area contributed by atoms with E-state index in [2.05, 4.69) is 20.7 Å². The first-order chi connectivity index (χ1) is 14.0. The maximum Gasteiger partial charge on any atom is 0.573 e. The number of hydrogen-bond donors (Lipinski definition) is 2. The smallest absolute Gasteiger partial charge is 0.478 e. The highest BCUT2D eigenvalue weighted by molar-refractivity contribution is 9.10. The zero-order chi connectivity index (χ0) is 22.1. The van der Waals surface area contributed by atoms with Gasteiger partial charge in [-0.15, -0.1) is 13.2 Å². The Morgan fingerprint density at radius 3 is 1.60 bits per heavy atom. The van der Waals surface area contributed by atoms with Gasteiger partial charge in [-0.2, -0.15) is 0 Å². The molecule has 0 unspecified atom stereocenters. The van der Waals surface area contributed by atoms with Gasteiger partial charge in [0.1, 0.15) is 5.75 Å². The second kappa shape index (κ2) is 8.19. The number of ether oxygens (including phenoxy) is 1. The maximum atomic E-state index is 12.4.